The highest BCUT2D eigenvalue weighted by atomic mass is 16.5. The van der Waals surface area contributed by atoms with Crippen LogP contribution in [0, 0.1) is 6.92 Å². The van der Waals surface area contributed by atoms with Gasteiger partial charge in [-0.2, -0.15) is 0 Å². The Balaban J connectivity index is 1.41. The van der Waals surface area contributed by atoms with Crippen molar-refractivity contribution in [3.05, 3.63) is 95.6 Å². The van der Waals surface area contributed by atoms with E-state index in [-0.39, 0.29) is 6.61 Å². The molecule has 0 fully saturated rings. The number of benzene rings is 3. The number of nitrogens with one attached hydrogen (secondary N) is 2. The van der Waals surface area contributed by atoms with E-state index < -0.39 is 11.8 Å². The van der Waals surface area contributed by atoms with E-state index in [0.29, 0.717) is 23.7 Å². The molecule has 6 nitrogen and oxygen atoms in total. The molecule has 6 heteroatoms. The third-order valence-corrected chi connectivity index (χ3v) is 4.07. The molecule has 3 aromatic rings. The standard InChI is InChI=1S/C23H22N2O4/c1-17-7-11-20(12-8-17)29-16-22(26)24-25-23(27)19-9-13-21(14-10-19)28-15-18-5-3-2-4-6-18/h2-14H,15-16H2,1H3,(H,24,26)(H,25,27). The highest BCUT2D eigenvalue weighted by molar-refractivity contribution is 5.95. The van der Waals surface area contributed by atoms with Gasteiger partial charge in [-0.3, -0.25) is 20.4 Å². The second-order valence-corrected chi connectivity index (χ2v) is 6.40. The molecule has 0 saturated heterocycles. The van der Waals surface area contributed by atoms with E-state index in [9.17, 15) is 9.59 Å². The molecule has 0 atom stereocenters. The van der Waals surface area contributed by atoms with Crippen molar-refractivity contribution < 1.29 is 19.1 Å². The molecule has 2 amide bonds. The molecule has 3 aromatic carbocycles. The first kappa shape index (κ1) is 19.9. The van der Waals surface area contributed by atoms with Crippen LogP contribution in [0.15, 0.2) is 78.9 Å². The maximum Gasteiger partial charge on any atom is 0.276 e. The van der Waals surface area contributed by atoms with Crippen LogP contribution in [-0.2, 0) is 11.4 Å². The van der Waals surface area contributed by atoms with Gasteiger partial charge in [-0.05, 0) is 48.9 Å². The van der Waals surface area contributed by atoms with Crippen LogP contribution < -0.4 is 20.3 Å². The molecule has 0 aliphatic carbocycles. The molecule has 29 heavy (non-hydrogen) atoms. The lowest BCUT2D eigenvalue weighted by Crippen LogP contribution is -2.43. The number of rotatable bonds is 7. The minimum atomic E-state index is -0.457. The van der Waals surface area contributed by atoms with Crippen LogP contribution in [0.3, 0.4) is 0 Å². The molecule has 0 aliphatic heterocycles. The van der Waals surface area contributed by atoms with Gasteiger partial charge in [0, 0.05) is 5.56 Å². The summed E-state index contributed by atoms with van der Waals surface area (Å²) in [6.07, 6.45) is 0. The first-order valence-corrected chi connectivity index (χ1v) is 9.15. The first-order valence-electron chi connectivity index (χ1n) is 9.15. The third kappa shape index (κ3) is 6.39. The van der Waals surface area contributed by atoms with E-state index in [1.165, 1.54) is 0 Å². The zero-order valence-electron chi connectivity index (χ0n) is 16.1. The van der Waals surface area contributed by atoms with Crippen molar-refractivity contribution in [2.24, 2.45) is 0 Å². The van der Waals surface area contributed by atoms with Crippen LogP contribution in [0.25, 0.3) is 0 Å². The van der Waals surface area contributed by atoms with Gasteiger partial charge in [-0.25, -0.2) is 0 Å². The molecular weight excluding hydrogens is 368 g/mol. The molecule has 0 saturated carbocycles. The number of hydrazine groups is 1. The van der Waals surface area contributed by atoms with Gasteiger partial charge < -0.3 is 9.47 Å². The number of aryl methyl sites for hydroxylation is 1. The fraction of sp³-hybridized carbons (Fsp3) is 0.130. The molecule has 2 N–H and O–H groups in total. The van der Waals surface area contributed by atoms with Crippen molar-refractivity contribution in [2.45, 2.75) is 13.5 Å². The largest absolute Gasteiger partial charge is 0.489 e. The second kappa shape index (κ2) is 9.94. The molecular formula is C23H22N2O4. The Morgan fingerprint density at radius 1 is 0.759 bits per heavy atom. The van der Waals surface area contributed by atoms with Gasteiger partial charge in [0.15, 0.2) is 6.61 Å². The summed E-state index contributed by atoms with van der Waals surface area (Å²) < 4.78 is 11.0. The Hall–Kier alpha value is -3.80. The van der Waals surface area contributed by atoms with Crippen LogP contribution in [0.2, 0.25) is 0 Å². The predicted octanol–water partition coefficient (Wildman–Crippen LogP) is 3.41. The van der Waals surface area contributed by atoms with Gasteiger partial charge in [0.2, 0.25) is 0 Å². The Bertz CT molecular complexity index is 939. The molecule has 0 unspecified atom stereocenters. The van der Waals surface area contributed by atoms with E-state index in [2.05, 4.69) is 10.9 Å². The number of carbonyl (C=O) groups is 2. The molecule has 0 heterocycles. The van der Waals surface area contributed by atoms with Crippen LogP contribution >= 0.6 is 0 Å². The predicted molar refractivity (Wildman–Crippen MR) is 109 cm³/mol. The minimum absolute atomic E-state index is 0.199. The van der Waals surface area contributed by atoms with Gasteiger partial charge in [0.05, 0.1) is 0 Å². The van der Waals surface area contributed by atoms with Gasteiger partial charge in [-0.15, -0.1) is 0 Å². The number of hydrogen-bond acceptors (Lipinski definition) is 4. The zero-order valence-corrected chi connectivity index (χ0v) is 16.1. The molecule has 148 valence electrons. The Kier molecular flexibility index (Phi) is 6.84. The minimum Gasteiger partial charge on any atom is -0.489 e. The summed E-state index contributed by atoms with van der Waals surface area (Å²) in [5, 5.41) is 0. The fourth-order valence-electron chi connectivity index (χ4n) is 2.46. The fourth-order valence-corrected chi connectivity index (χ4v) is 2.46. The highest BCUT2D eigenvalue weighted by Gasteiger charge is 2.08. The Morgan fingerprint density at radius 2 is 1.38 bits per heavy atom. The van der Waals surface area contributed by atoms with E-state index in [1.54, 1.807) is 36.4 Å². The molecule has 0 aromatic heterocycles. The van der Waals surface area contributed by atoms with Crippen molar-refractivity contribution >= 4 is 11.8 Å². The highest BCUT2D eigenvalue weighted by Crippen LogP contribution is 2.14. The van der Waals surface area contributed by atoms with Gasteiger partial charge >= 0.3 is 0 Å². The van der Waals surface area contributed by atoms with E-state index in [4.69, 9.17) is 9.47 Å². The summed E-state index contributed by atoms with van der Waals surface area (Å²) in [7, 11) is 0. The monoisotopic (exact) mass is 390 g/mol. The van der Waals surface area contributed by atoms with Crippen molar-refractivity contribution in [1.82, 2.24) is 10.9 Å². The van der Waals surface area contributed by atoms with Crippen molar-refractivity contribution in [1.29, 1.82) is 0 Å². The molecule has 0 aliphatic rings. The topological polar surface area (TPSA) is 76.7 Å². The maximum atomic E-state index is 12.1. The maximum absolute atomic E-state index is 12.1. The van der Waals surface area contributed by atoms with Gasteiger partial charge in [-0.1, -0.05) is 48.0 Å². The van der Waals surface area contributed by atoms with E-state index >= 15 is 0 Å². The lowest BCUT2D eigenvalue weighted by atomic mass is 10.2. The van der Waals surface area contributed by atoms with Crippen molar-refractivity contribution in [3.63, 3.8) is 0 Å². The number of ether oxygens (including phenoxy) is 2. The van der Waals surface area contributed by atoms with Crippen LogP contribution in [-0.4, -0.2) is 18.4 Å². The van der Waals surface area contributed by atoms with Gasteiger partial charge in [0.1, 0.15) is 18.1 Å². The normalized spacial score (nSPS) is 10.1. The lowest BCUT2D eigenvalue weighted by Gasteiger charge is -2.10. The molecule has 0 spiro atoms. The third-order valence-electron chi connectivity index (χ3n) is 4.07. The summed E-state index contributed by atoms with van der Waals surface area (Å²) in [4.78, 5) is 24.0. The van der Waals surface area contributed by atoms with E-state index in [1.807, 2.05) is 49.4 Å². The lowest BCUT2D eigenvalue weighted by molar-refractivity contribution is -0.123. The Labute approximate surface area is 169 Å². The number of hydrogen-bond donors (Lipinski definition) is 2. The molecule has 3 rings (SSSR count). The summed E-state index contributed by atoms with van der Waals surface area (Å²) in [6.45, 7) is 2.22. The zero-order chi connectivity index (χ0) is 20.5. The summed E-state index contributed by atoms with van der Waals surface area (Å²) >= 11 is 0. The smallest absolute Gasteiger partial charge is 0.276 e. The summed E-state index contributed by atoms with van der Waals surface area (Å²) in [5.41, 5.74) is 7.25. The summed E-state index contributed by atoms with van der Waals surface area (Å²) in [5.74, 6) is 0.356. The van der Waals surface area contributed by atoms with Crippen LogP contribution in [0.5, 0.6) is 11.5 Å². The first-order chi connectivity index (χ1) is 14.1. The second-order valence-electron chi connectivity index (χ2n) is 6.40. The van der Waals surface area contributed by atoms with Crippen molar-refractivity contribution in [3.8, 4) is 11.5 Å². The Morgan fingerprint density at radius 3 is 2.07 bits per heavy atom. The SMILES string of the molecule is Cc1ccc(OCC(=O)NNC(=O)c2ccc(OCc3ccccc3)cc2)cc1. The number of amides is 2. The van der Waals surface area contributed by atoms with Crippen LogP contribution in [0.1, 0.15) is 21.5 Å². The molecule has 0 bridgehead atoms. The molecule has 0 radical (unpaired) electrons. The van der Waals surface area contributed by atoms with Crippen LogP contribution in [0.4, 0.5) is 0 Å². The average molecular weight is 390 g/mol. The van der Waals surface area contributed by atoms with Gasteiger partial charge in [0.25, 0.3) is 11.8 Å². The quantitative estimate of drug-likeness (QED) is 0.606. The number of carbonyl (C=O) groups excluding carboxylic acids is 2. The van der Waals surface area contributed by atoms with E-state index in [0.717, 1.165) is 11.1 Å². The summed E-state index contributed by atoms with van der Waals surface area (Å²) in [6, 6.07) is 23.8. The van der Waals surface area contributed by atoms with Crippen molar-refractivity contribution in [2.75, 3.05) is 6.61 Å². The average Bonchev–Trinajstić information content (AvgIpc) is 2.76.